The van der Waals surface area contributed by atoms with Gasteiger partial charge in [0.25, 0.3) is 9.84 Å². The van der Waals surface area contributed by atoms with E-state index in [1.807, 2.05) is 57.1 Å². The molecule has 0 spiro atoms. The first-order chi connectivity index (χ1) is 39.3. The van der Waals surface area contributed by atoms with E-state index < -0.39 is 32.7 Å². The molecule has 0 amide bonds. The Balaban J connectivity index is 0.000000151. The molecule has 2 aliphatic heterocycles. The number of aromatic amines is 1. The fourth-order valence-corrected chi connectivity index (χ4v) is 14.4. The molecule has 2 aromatic carbocycles. The van der Waals surface area contributed by atoms with E-state index in [0.29, 0.717) is 38.2 Å². The number of piperidine rings is 2. The summed E-state index contributed by atoms with van der Waals surface area (Å²) in [6.07, 6.45) is 20.6. The molecule has 10 aromatic rings. The van der Waals surface area contributed by atoms with Crippen molar-refractivity contribution in [3.8, 4) is 22.3 Å². The van der Waals surface area contributed by atoms with Crippen LogP contribution in [0.2, 0.25) is 0 Å². The van der Waals surface area contributed by atoms with E-state index in [-0.39, 0.29) is 39.0 Å². The summed E-state index contributed by atoms with van der Waals surface area (Å²) in [4.78, 5) is 10.2. The number of pyridine rings is 4. The van der Waals surface area contributed by atoms with Gasteiger partial charge in [-0.25, -0.2) is 17.2 Å². The molecule has 442 valence electrons. The Kier molecular flexibility index (Phi) is 16.3. The molecule has 2 saturated heterocycles. The van der Waals surface area contributed by atoms with Crippen molar-refractivity contribution in [2.45, 2.75) is 137 Å². The number of H-pyrrole nitrogens is 1. The van der Waals surface area contributed by atoms with Gasteiger partial charge in [-0.05, 0) is 201 Å². The van der Waals surface area contributed by atoms with Crippen LogP contribution in [0.25, 0.3) is 55.4 Å². The summed E-state index contributed by atoms with van der Waals surface area (Å²) in [5.41, 5.74) is 2.51. The summed E-state index contributed by atoms with van der Waals surface area (Å²) < 4.78 is 96.5. The van der Waals surface area contributed by atoms with Gasteiger partial charge in [0.05, 0.1) is 29.2 Å². The van der Waals surface area contributed by atoms with Gasteiger partial charge < -0.3 is 10.6 Å². The van der Waals surface area contributed by atoms with Gasteiger partial charge in [0.15, 0.2) is 27.7 Å². The maximum atomic E-state index is 14.9. The average Bonchev–Trinajstić information content (AvgIpc) is 4.29. The van der Waals surface area contributed by atoms with E-state index in [2.05, 4.69) is 114 Å². The molecule has 0 unspecified atom stereocenters. The number of sulfone groups is 1. The fourth-order valence-electron chi connectivity index (χ4n) is 12.6. The molecule has 2 aliphatic rings. The number of fused-ring (bicyclic) bond motifs is 4. The summed E-state index contributed by atoms with van der Waals surface area (Å²) in [5.74, 6) is -0.840. The molecule has 0 radical (unpaired) electrons. The minimum atomic E-state index is -5.25. The van der Waals surface area contributed by atoms with Crippen molar-refractivity contribution in [1.82, 2.24) is 69.4 Å². The van der Waals surface area contributed by atoms with Crippen LogP contribution in [0, 0.1) is 28.2 Å². The average molecular weight is 1210 g/mol. The number of nitrogens with zero attached hydrogens (tertiary/aromatic N) is 11. The van der Waals surface area contributed by atoms with Crippen molar-refractivity contribution in [1.29, 1.82) is 0 Å². The maximum Gasteiger partial charge on any atom is 0.497 e. The predicted octanol–water partition coefficient (Wildman–Crippen LogP) is 12.8. The lowest BCUT2D eigenvalue weighted by atomic mass is 9.74. The summed E-state index contributed by atoms with van der Waals surface area (Å²) in [5, 5.41) is 32.8. The third kappa shape index (κ3) is 14.0. The van der Waals surface area contributed by atoms with Crippen molar-refractivity contribution >= 4 is 66.9 Å². The van der Waals surface area contributed by atoms with Crippen LogP contribution in [0.5, 0.6) is 0 Å². The van der Waals surface area contributed by atoms with Crippen molar-refractivity contribution in [3.63, 3.8) is 0 Å². The Morgan fingerprint density at radius 3 is 1.58 bits per heavy atom. The second kappa shape index (κ2) is 22.8. The van der Waals surface area contributed by atoms with Crippen LogP contribution in [0.3, 0.4) is 0 Å². The molecule has 10 heterocycles. The zero-order valence-electron chi connectivity index (χ0n) is 48.3. The first kappa shape index (κ1) is 60.1. The first-order valence-corrected chi connectivity index (χ1v) is 30.3. The van der Waals surface area contributed by atoms with Gasteiger partial charge in [-0.3, -0.25) is 33.2 Å². The lowest BCUT2D eigenvalue weighted by Crippen LogP contribution is -2.58. The van der Waals surface area contributed by atoms with Crippen molar-refractivity contribution in [2.24, 2.45) is 25.9 Å². The Hall–Kier alpha value is -6.99. The highest BCUT2D eigenvalue weighted by Crippen LogP contribution is 2.38. The minimum absolute atomic E-state index is 0.0236. The largest absolute Gasteiger partial charge is 0.497 e. The number of alkyl halides is 3. The van der Waals surface area contributed by atoms with Crippen LogP contribution in [-0.2, 0) is 42.5 Å². The van der Waals surface area contributed by atoms with Crippen molar-refractivity contribution in [2.75, 3.05) is 0 Å². The zero-order chi connectivity index (χ0) is 60.3. The van der Waals surface area contributed by atoms with Gasteiger partial charge in [0, 0.05) is 111 Å². The highest BCUT2D eigenvalue weighted by Gasteiger charge is 2.45. The molecule has 24 heteroatoms. The van der Waals surface area contributed by atoms with E-state index in [1.165, 1.54) is 46.0 Å². The molecule has 3 N–H and O–H groups in total. The van der Waals surface area contributed by atoms with E-state index >= 15 is 0 Å². The summed E-state index contributed by atoms with van der Waals surface area (Å²) >= 11 is 6.48. The SMILES string of the molecule is CC1(C)CC(Cc2cnc3ccc(CS(=O)(=O)C(F)(F)F)cc3c2)CC(C)(C)N1.Cn1cc(-c2cc(F)c3n[nH]c(=S)n3c2)cn1.Cn1cc(-c2cc(F)c3nnc(Sc4ccc5ncc(CC6CC(C)(C)NC(C)(C)C6)cc5c4)n3c2)cn1. The maximum absolute atomic E-state index is 14.9. The Labute approximate surface area is 493 Å². The van der Waals surface area contributed by atoms with Gasteiger partial charge in [-0.2, -0.15) is 28.5 Å². The Morgan fingerprint density at radius 1 is 0.607 bits per heavy atom. The highest BCUT2D eigenvalue weighted by atomic mass is 32.2. The topological polar surface area (TPSA) is 183 Å². The van der Waals surface area contributed by atoms with E-state index in [4.69, 9.17) is 17.2 Å². The molecule has 0 bridgehead atoms. The van der Waals surface area contributed by atoms with Crippen LogP contribution in [0.15, 0.2) is 120 Å². The molecule has 0 atom stereocenters. The lowest BCUT2D eigenvalue weighted by Gasteiger charge is -2.46. The lowest BCUT2D eigenvalue weighted by molar-refractivity contribution is -0.0437. The van der Waals surface area contributed by atoms with Crippen LogP contribution in [-0.4, -0.2) is 94.8 Å². The Morgan fingerprint density at radius 2 is 1.08 bits per heavy atom. The van der Waals surface area contributed by atoms with E-state index in [9.17, 15) is 30.4 Å². The number of hydrogen-bond donors (Lipinski definition) is 3. The monoisotopic (exact) mass is 1210 g/mol. The predicted molar refractivity (Wildman–Crippen MR) is 319 cm³/mol. The first-order valence-electron chi connectivity index (χ1n) is 27.4. The number of aryl methyl sites for hydroxylation is 2. The number of hydrogen-bond acceptors (Lipinski definition) is 13. The molecule has 0 aliphatic carbocycles. The molecule has 2 fully saturated rings. The van der Waals surface area contributed by atoms with Crippen LogP contribution >= 0.6 is 24.0 Å². The van der Waals surface area contributed by atoms with Gasteiger partial charge in [0.1, 0.15) is 0 Å². The zero-order valence-corrected chi connectivity index (χ0v) is 50.8. The van der Waals surface area contributed by atoms with Crippen LogP contribution < -0.4 is 10.6 Å². The summed E-state index contributed by atoms with van der Waals surface area (Å²) in [7, 11) is -1.56. The molecule has 0 saturated carbocycles. The third-order valence-corrected chi connectivity index (χ3v) is 17.7. The summed E-state index contributed by atoms with van der Waals surface area (Å²) in [6.45, 7) is 17.9. The normalized spacial score (nSPS) is 17.1. The van der Waals surface area contributed by atoms with Crippen LogP contribution in [0.1, 0.15) is 97.8 Å². The molecule has 16 nitrogen and oxygen atoms in total. The van der Waals surface area contributed by atoms with Gasteiger partial charge in [0.2, 0.25) is 5.16 Å². The quantitative estimate of drug-likeness (QED) is 0.0869. The van der Waals surface area contributed by atoms with E-state index in [0.717, 1.165) is 76.6 Å². The highest BCUT2D eigenvalue weighted by molar-refractivity contribution is 7.99. The van der Waals surface area contributed by atoms with Crippen molar-refractivity contribution in [3.05, 3.63) is 143 Å². The molecular weight excluding hydrogens is 1140 g/mol. The van der Waals surface area contributed by atoms with Gasteiger partial charge in [-0.15, -0.1) is 10.2 Å². The molecule has 12 rings (SSSR count). The number of aromatic nitrogens is 12. The fraction of sp³-hybridized carbons (Fsp3) is 0.400. The summed E-state index contributed by atoms with van der Waals surface area (Å²) in [6, 6.07) is 17.7. The standard InChI is InChI=1S/C29H32FN7S.C21H27F3N2O2S.C10H8FN5S/c1-28(2)12-19(13-29(3,4)35-28)8-18-9-20-10-23(6-7-25(20)31-14-18)38-27-34-33-26-24(30)11-21(17-37(26)27)22-15-32-36(5)16-22;1-19(2)10-16(11-20(3,4)26-19)7-15-9-17-8-14(5-6-18(17)25-12-15)13-29(27,28)21(22,23)24;1-15-4-7(3-12-15)6-2-8(11)9-13-14-10(17)16(9)5-6/h6-7,9-11,14-17,19,35H,8,12-13H2,1-5H3;5-6,8-9,12,16,26H,7,10-11,13H2,1-4H3;2-5H,1H3,(H,14,17). The third-order valence-electron chi connectivity index (χ3n) is 15.0. The second-order valence-corrected chi connectivity index (χ2v) is 28.4. The Bertz CT molecular complexity index is 4230. The van der Waals surface area contributed by atoms with Gasteiger partial charge in [-0.1, -0.05) is 6.07 Å². The second-order valence-electron chi connectivity index (χ2n) is 25.0. The van der Waals surface area contributed by atoms with Crippen LogP contribution in [0.4, 0.5) is 22.0 Å². The number of nitrogens with one attached hydrogen (secondary N) is 3. The molecule has 84 heavy (non-hydrogen) atoms. The number of benzene rings is 2. The number of rotatable bonds is 10. The smallest absolute Gasteiger partial charge is 0.307 e. The number of halogens is 5. The molecule has 8 aromatic heterocycles. The molecular formula is C60H67F5N14O2S3. The van der Waals surface area contributed by atoms with E-state index in [1.54, 1.807) is 44.6 Å². The van der Waals surface area contributed by atoms with Crippen molar-refractivity contribution < 1.29 is 30.4 Å². The van der Waals surface area contributed by atoms with Gasteiger partial charge >= 0.3 is 5.51 Å². The minimum Gasteiger partial charge on any atom is -0.307 e.